The van der Waals surface area contributed by atoms with Crippen molar-refractivity contribution in [3.8, 4) is 17.2 Å². The zero-order chi connectivity index (χ0) is 13.7. The first kappa shape index (κ1) is 13.1. The summed E-state index contributed by atoms with van der Waals surface area (Å²) in [5.41, 5.74) is 0.463. The molecule has 4 heteroatoms. The number of Topliss-reactive ketones (excluding diaryl/α,β-unsaturated/α-hetero) is 1. The fourth-order valence-corrected chi connectivity index (χ4v) is 1.57. The second kappa shape index (κ2) is 6.00. The van der Waals surface area contributed by atoms with Crippen LogP contribution in [0.1, 0.15) is 23.8 Å². The molecule has 0 aliphatic carbocycles. The van der Waals surface area contributed by atoms with Crippen molar-refractivity contribution in [1.29, 1.82) is 0 Å². The van der Waals surface area contributed by atoms with Crippen LogP contribution in [0.25, 0.3) is 0 Å². The van der Waals surface area contributed by atoms with E-state index in [0.717, 1.165) is 5.75 Å². The molecule has 2 rings (SSSR count). The fraction of sp³-hybridized carbons (Fsp3) is 0.200. The monoisotopic (exact) mass is 257 g/mol. The molecule has 98 valence electrons. The van der Waals surface area contributed by atoms with E-state index in [2.05, 4.69) is 4.98 Å². The van der Waals surface area contributed by atoms with E-state index in [1.165, 1.54) is 0 Å². The lowest BCUT2D eigenvalue weighted by atomic mass is 10.2. The Balaban J connectivity index is 2.08. The van der Waals surface area contributed by atoms with E-state index in [1.807, 2.05) is 31.2 Å². The van der Waals surface area contributed by atoms with Gasteiger partial charge in [0.15, 0.2) is 5.78 Å². The SMILES string of the molecule is CCC(=O)c1ccc(Oc2ccc(OC)cc2)cn1. The number of ketones is 1. The van der Waals surface area contributed by atoms with Gasteiger partial charge in [0.25, 0.3) is 0 Å². The molecule has 0 saturated carbocycles. The minimum atomic E-state index is 0.0241. The number of aromatic nitrogens is 1. The molecule has 19 heavy (non-hydrogen) atoms. The Bertz CT molecular complexity index is 547. The van der Waals surface area contributed by atoms with Gasteiger partial charge >= 0.3 is 0 Å². The van der Waals surface area contributed by atoms with Crippen molar-refractivity contribution in [3.63, 3.8) is 0 Å². The Morgan fingerprint density at radius 2 is 1.68 bits per heavy atom. The number of pyridine rings is 1. The minimum Gasteiger partial charge on any atom is -0.497 e. The summed E-state index contributed by atoms with van der Waals surface area (Å²) in [4.78, 5) is 15.5. The van der Waals surface area contributed by atoms with Crippen LogP contribution in [-0.4, -0.2) is 17.9 Å². The third-order valence-corrected chi connectivity index (χ3v) is 2.64. The molecule has 1 aromatic heterocycles. The first-order valence-electron chi connectivity index (χ1n) is 6.04. The number of nitrogens with zero attached hydrogens (tertiary/aromatic N) is 1. The average molecular weight is 257 g/mol. The molecule has 0 amide bonds. The number of carbonyl (C=O) groups is 1. The van der Waals surface area contributed by atoms with Gasteiger partial charge in [-0.3, -0.25) is 4.79 Å². The van der Waals surface area contributed by atoms with E-state index in [1.54, 1.807) is 25.4 Å². The highest BCUT2D eigenvalue weighted by Crippen LogP contribution is 2.23. The van der Waals surface area contributed by atoms with E-state index in [-0.39, 0.29) is 5.78 Å². The molecule has 2 aromatic rings. The Kier molecular flexibility index (Phi) is 4.13. The molecule has 0 unspecified atom stereocenters. The number of benzene rings is 1. The molecular formula is C15H15NO3. The summed E-state index contributed by atoms with van der Waals surface area (Å²) in [5.74, 6) is 2.08. The number of ether oxygens (including phenoxy) is 2. The van der Waals surface area contributed by atoms with Gasteiger partial charge < -0.3 is 9.47 Å². The van der Waals surface area contributed by atoms with Crippen LogP contribution in [0.3, 0.4) is 0 Å². The minimum absolute atomic E-state index is 0.0241. The molecule has 0 spiro atoms. The smallest absolute Gasteiger partial charge is 0.180 e. The number of hydrogen-bond donors (Lipinski definition) is 0. The molecule has 0 radical (unpaired) electrons. The lowest BCUT2D eigenvalue weighted by Gasteiger charge is -2.06. The molecule has 4 nitrogen and oxygen atoms in total. The summed E-state index contributed by atoms with van der Waals surface area (Å²) in [6.07, 6.45) is 2.00. The number of carbonyl (C=O) groups excluding carboxylic acids is 1. The summed E-state index contributed by atoms with van der Waals surface area (Å²) in [6.45, 7) is 1.81. The molecule has 0 N–H and O–H groups in total. The zero-order valence-electron chi connectivity index (χ0n) is 10.9. The quantitative estimate of drug-likeness (QED) is 0.769. The largest absolute Gasteiger partial charge is 0.497 e. The standard InChI is InChI=1S/C15H15NO3/c1-3-15(17)14-9-8-13(10-16-14)19-12-6-4-11(18-2)5-7-12/h4-10H,3H2,1-2H3. The van der Waals surface area contributed by atoms with Gasteiger partial charge in [0.05, 0.1) is 13.3 Å². The molecule has 0 fully saturated rings. The lowest BCUT2D eigenvalue weighted by Crippen LogP contribution is -1.99. The van der Waals surface area contributed by atoms with Crippen molar-refractivity contribution in [3.05, 3.63) is 48.3 Å². The molecule has 0 saturated heterocycles. The van der Waals surface area contributed by atoms with Crippen LogP contribution in [0.2, 0.25) is 0 Å². The van der Waals surface area contributed by atoms with E-state index in [9.17, 15) is 4.79 Å². The van der Waals surface area contributed by atoms with Crippen molar-refractivity contribution in [2.75, 3.05) is 7.11 Å². The van der Waals surface area contributed by atoms with Gasteiger partial charge in [-0.2, -0.15) is 0 Å². The highest BCUT2D eigenvalue weighted by molar-refractivity contribution is 5.93. The van der Waals surface area contributed by atoms with Crippen LogP contribution in [0.15, 0.2) is 42.6 Å². The van der Waals surface area contributed by atoms with Crippen LogP contribution in [0.5, 0.6) is 17.2 Å². The first-order valence-corrected chi connectivity index (χ1v) is 6.04. The zero-order valence-corrected chi connectivity index (χ0v) is 10.9. The maximum Gasteiger partial charge on any atom is 0.180 e. The summed E-state index contributed by atoms with van der Waals surface area (Å²) < 4.78 is 10.7. The van der Waals surface area contributed by atoms with Crippen molar-refractivity contribution in [2.24, 2.45) is 0 Å². The van der Waals surface area contributed by atoms with Gasteiger partial charge in [0.1, 0.15) is 22.9 Å². The average Bonchev–Trinajstić information content (AvgIpc) is 2.48. The van der Waals surface area contributed by atoms with Gasteiger partial charge in [-0.1, -0.05) is 6.92 Å². The second-order valence-electron chi connectivity index (χ2n) is 3.93. The summed E-state index contributed by atoms with van der Waals surface area (Å²) in [7, 11) is 1.61. The van der Waals surface area contributed by atoms with Crippen molar-refractivity contribution in [1.82, 2.24) is 4.98 Å². The molecule has 1 heterocycles. The summed E-state index contributed by atoms with van der Waals surface area (Å²) >= 11 is 0. The van der Waals surface area contributed by atoms with Gasteiger partial charge in [0.2, 0.25) is 0 Å². The topological polar surface area (TPSA) is 48.4 Å². The molecule has 0 atom stereocenters. The van der Waals surface area contributed by atoms with E-state index >= 15 is 0 Å². The molecule has 1 aromatic carbocycles. The highest BCUT2D eigenvalue weighted by atomic mass is 16.5. The first-order chi connectivity index (χ1) is 9.22. The van der Waals surface area contributed by atoms with Crippen LogP contribution in [-0.2, 0) is 0 Å². The maximum atomic E-state index is 11.4. The van der Waals surface area contributed by atoms with Crippen LogP contribution in [0, 0.1) is 0 Å². The molecular weight excluding hydrogens is 242 g/mol. The summed E-state index contributed by atoms with van der Waals surface area (Å²) in [6, 6.07) is 10.7. The summed E-state index contributed by atoms with van der Waals surface area (Å²) in [5, 5.41) is 0. The molecule has 0 aliphatic heterocycles. The van der Waals surface area contributed by atoms with Crippen molar-refractivity contribution >= 4 is 5.78 Å². The normalized spacial score (nSPS) is 10.0. The highest BCUT2D eigenvalue weighted by Gasteiger charge is 2.05. The van der Waals surface area contributed by atoms with Gasteiger partial charge in [0, 0.05) is 6.42 Å². The van der Waals surface area contributed by atoms with E-state index in [0.29, 0.717) is 23.6 Å². The van der Waals surface area contributed by atoms with Crippen LogP contribution >= 0.6 is 0 Å². The maximum absolute atomic E-state index is 11.4. The number of methoxy groups -OCH3 is 1. The Hall–Kier alpha value is -2.36. The van der Waals surface area contributed by atoms with Crippen LogP contribution < -0.4 is 9.47 Å². The van der Waals surface area contributed by atoms with Crippen molar-refractivity contribution < 1.29 is 14.3 Å². The third kappa shape index (κ3) is 3.31. The fourth-order valence-electron chi connectivity index (χ4n) is 1.57. The van der Waals surface area contributed by atoms with Gasteiger partial charge in [-0.05, 0) is 36.4 Å². The Morgan fingerprint density at radius 1 is 1.05 bits per heavy atom. The predicted molar refractivity (Wildman–Crippen MR) is 71.9 cm³/mol. The predicted octanol–water partition coefficient (Wildman–Crippen LogP) is 3.48. The van der Waals surface area contributed by atoms with Gasteiger partial charge in [-0.15, -0.1) is 0 Å². The molecule has 0 aliphatic rings. The van der Waals surface area contributed by atoms with Gasteiger partial charge in [-0.25, -0.2) is 4.98 Å². The Morgan fingerprint density at radius 3 is 2.21 bits per heavy atom. The Labute approximate surface area is 112 Å². The lowest BCUT2D eigenvalue weighted by molar-refractivity contribution is 0.0983. The van der Waals surface area contributed by atoms with Crippen molar-refractivity contribution in [2.45, 2.75) is 13.3 Å². The molecule has 0 bridgehead atoms. The van der Waals surface area contributed by atoms with Crippen LogP contribution in [0.4, 0.5) is 0 Å². The number of hydrogen-bond acceptors (Lipinski definition) is 4. The third-order valence-electron chi connectivity index (χ3n) is 2.64. The second-order valence-corrected chi connectivity index (χ2v) is 3.93. The van der Waals surface area contributed by atoms with E-state index < -0.39 is 0 Å². The number of rotatable bonds is 5. The van der Waals surface area contributed by atoms with E-state index in [4.69, 9.17) is 9.47 Å².